The van der Waals surface area contributed by atoms with Gasteiger partial charge in [0.25, 0.3) is 0 Å². The number of pyridine rings is 1. The molecule has 0 fully saturated rings. The van der Waals surface area contributed by atoms with Gasteiger partial charge in [-0.3, -0.25) is 0 Å². The van der Waals surface area contributed by atoms with Gasteiger partial charge < -0.3 is 10.5 Å². The number of halogens is 4. The van der Waals surface area contributed by atoms with Gasteiger partial charge in [0.05, 0.1) is 12.2 Å². The summed E-state index contributed by atoms with van der Waals surface area (Å²) in [6, 6.07) is 8.06. The Bertz CT molecular complexity index is 632. The zero-order valence-electron chi connectivity index (χ0n) is 10.8. The van der Waals surface area contributed by atoms with Crippen LogP contribution in [0.15, 0.2) is 36.5 Å². The first-order valence-corrected chi connectivity index (χ1v) is 6.44. The fourth-order valence-corrected chi connectivity index (χ4v) is 1.93. The lowest BCUT2D eigenvalue weighted by Gasteiger charge is -2.11. The molecular formula is C14H12ClF3N2O. The molecule has 1 aromatic heterocycles. The molecule has 1 aromatic carbocycles. The van der Waals surface area contributed by atoms with E-state index in [0.717, 1.165) is 11.6 Å². The van der Waals surface area contributed by atoms with Gasteiger partial charge in [-0.05, 0) is 17.7 Å². The summed E-state index contributed by atoms with van der Waals surface area (Å²) in [4.78, 5) is 3.59. The van der Waals surface area contributed by atoms with Gasteiger partial charge in [0.2, 0.25) is 5.88 Å². The zero-order valence-corrected chi connectivity index (χ0v) is 11.6. The second-order valence-electron chi connectivity index (χ2n) is 4.31. The highest BCUT2D eigenvalue weighted by Crippen LogP contribution is 2.33. The Morgan fingerprint density at radius 1 is 1.24 bits per heavy atom. The Balaban J connectivity index is 2.00. The van der Waals surface area contributed by atoms with Crippen LogP contribution >= 0.6 is 11.6 Å². The van der Waals surface area contributed by atoms with Gasteiger partial charge in [-0.2, -0.15) is 13.2 Å². The van der Waals surface area contributed by atoms with Crippen LogP contribution in [0.3, 0.4) is 0 Å². The third-order valence-electron chi connectivity index (χ3n) is 2.80. The summed E-state index contributed by atoms with van der Waals surface area (Å²) in [5, 5.41) is -0.175. The lowest BCUT2D eigenvalue weighted by molar-refractivity contribution is -0.137. The summed E-state index contributed by atoms with van der Waals surface area (Å²) in [6.07, 6.45) is -3.28. The molecule has 0 aliphatic carbocycles. The first-order chi connectivity index (χ1) is 9.88. The molecule has 7 heteroatoms. The molecule has 3 nitrogen and oxygen atoms in total. The number of ether oxygens (including phenoxy) is 1. The second kappa shape index (κ2) is 6.22. The van der Waals surface area contributed by atoms with Crippen LogP contribution in [0.1, 0.15) is 11.1 Å². The molecule has 0 atom stereocenters. The maximum Gasteiger partial charge on any atom is 0.417 e. The second-order valence-corrected chi connectivity index (χ2v) is 4.71. The largest absolute Gasteiger partial charge is 0.476 e. The quantitative estimate of drug-likeness (QED) is 0.869. The maximum atomic E-state index is 12.5. The minimum atomic E-state index is -4.48. The van der Waals surface area contributed by atoms with Gasteiger partial charge in [-0.25, -0.2) is 4.98 Å². The molecule has 1 heterocycles. The number of nitrogens with two attached hydrogens (primary N) is 1. The van der Waals surface area contributed by atoms with E-state index in [1.807, 2.05) is 18.2 Å². The van der Waals surface area contributed by atoms with Crippen LogP contribution in [0.25, 0.3) is 0 Å². The van der Waals surface area contributed by atoms with Crippen LogP contribution in [0.2, 0.25) is 5.02 Å². The Labute approximate surface area is 124 Å². The van der Waals surface area contributed by atoms with Crippen molar-refractivity contribution in [1.29, 1.82) is 0 Å². The smallest absolute Gasteiger partial charge is 0.417 e. The summed E-state index contributed by atoms with van der Waals surface area (Å²) >= 11 is 5.74. The van der Waals surface area contributed by atoms with Crippen LogP contribution in [-0.2, 0) is 12.6 Å². The number of rotatable bonds is 4. The molecule has 0 radical (unpaired) electrons. The third kappa shape index (κ3) is 4.01. The first kappa shape index (κ1) is 15.4. The van der Waals surface area contributed by atoms with Crippen LogP contribution < -0.4 is 10.5 Å². The average molecular weight is 317 g/mol. The molecule has 0 aliphatic rings. The highest BCUT2D eigenvalue weighted by atomic mass is 35.5. The molecule has 2 aromatic rings. The fraction of sp³-hybridized carbons (Fsp3) is 0.214. The lowest BCUT2D eigenvalue weighted by atomic mass is 10.1. The van der Waals surface area contributed by atoms with E-state index in [1.54, 1.807) is 6.07 Å². The number of hydrogen-bond acceptors (Lipinski definition) is 3. The molecule has 0 unspecified atom stereocenters. The van der Waals surface area contributed by atoms with Crippen molar-refractivity contribution in [3.8, 4) is 5.88 Å². The van der Waals surface area contributed by atoms with Crippen molar-refractivity contribution in [2.24, 2.45) is 0 Å². The van der Waals surface area contributed by atoms with Gasteiger partial charge in [-0.15, -0.1) is 0 Å². The standard InChI is InChI=1S/C14H12ClF3N2O/c15-11-7-10(14(16,17)18)8-20-13(11)21-6-5-9-3-1-2-4-12(9)19/h1-4,7-8H,5-6,19H2. The van der Waals surface area contributed by atoms with Crippen molar-refractivity contribution >= 4 is 17.3 Å². The number of aromatic nitrogens is 1. The molecule has 0 spiro atoms. The van der Waals surface area contributed by atoms with Crippen molar-refractivity contribution in [3.05, 3.63) is 52.7 Å². The molecule has 2 N–H and O–H groups in total. The number of anilines is 1. The SMILES string of the molecule is Nc1ccccc1CCOc1ncc(C(F)(F)F)cc1Cl. The van der Waals surface area contributed by atoms with E-state index in [1.165, 1.54) is 0 Å². The third-order valence-corrected chi connectivity index (χ3v) is 3.07. The van der Waals surface area contributed by atoms with E-state index in [2.05, 4.69) is 4.98 Å². The highest BCUT2D eigenvalue weighted by molar-refractivity contribution is 6.31. The number of alkyl halides is 3. The van der Waals surface area contributed by atoms with Gasteiger partial charge in [-0.1, -0.05) is 29.8 Å². The first-order valence-electron chi connectivity index (χ1n) is 6.07. The van der Waals surface area contributed by atoms with E-state index >= 15 is 0 Å². The summed E-state index contributed by atoms with van der Waals surface area (Å²) in [5.41, 5.74) is 6.39. The average Bonchev–Trinajstić information content (AvgIpc) is 2.41. The maximum absolute atomic E-state index is 12.5. The van der Waals surface area contributed by atoms with Crippen LogP contribution in [-0.4, -0.2) is 11.6 Å². The van der Waals surface area contributed by atoms with Gasteiger partial charge in [0.15, 0.2) is 0 Å². The zero-order chi connectivity index (χ0) is 15.5. The topological polar surface area (TPSA) is 48.1 Å². The lowest BCUT2D eigenvalue weighted by Crippen LogP contribution is -2.08. The van der Waals surface area contributed by atoms with Crippen molar-refractivity contribution in [2.45, 2.75) is 12.6 Å². The Morgan fingerprint density at radius 3 is 2.57 bits per heavy atom. The van der Waals surface area contributed by atoms with Crippen LogP contribution in [0.4, 0.5) is 18.9 Å². The van der Waals surface area contributed by atoms with Crippen molar-refractivity contribution < 1.29 is 17.9 Å². The van der Waals surface area contributed by atoms with E-state index in [0.29, 0.717) is 18.3 Å². The summed E-state index contributed by atoms with van der Waals surface area (Å²) < 4.78 is 42.7. The van der Waals surface area contributed by atoms with Gasteiger partial charge in [0.1, 0.15) is 5.02 Å². The van der Waals surface area contributed by atoms with E-state index < -0.39 is 11.7 Å². The van der Waals surface area contributed by atoms with Crippen molar-refractivity contribution in [1.82, 2.24) is 4.98 Å². The monoisotopic (exact) mass is 316 g/mol. The number of para-hydroxylation sites is 1. The molecule has 2 rings (SSSR count). The normalized spacial score (nSPS) is 11.4. The van der Waals surface area contributed by atoms with E-state index in [-0.39, 0.29) is 17.5 Å². The van der Waals surface area contributed by atoms with Gasteiger partial charge >= 0.3 is 6.18 Å². The molecule has 0 aliphatic heterocycles. The fourth-order valence-electron chi connectivity index (χ4n) is 1.71. The summed E-state index contributed by atoms with van der Waals surface area (Å²) in [6.45, 7) is 0.215. The minimum Gasteiger partial charge on any atom is -0.476 e. The number of benzene rings is 1. The Morgan fingerprint density at radius 2 is 1.95 bits per heavy atom. The summed E-state index contributed by atoms with van der Waals surface area (Å²) in [7, 11) is 0. The van der Waals surface area contributed by atoms with E-state index in [9.17, 15) is 13.2 Å². The predicted molar refractivity (Wildman–Crippen MR) is 74.3 cm³/mol. The molecular weight excluding hydrogens is 305 g/mol. The van der Waals surface area contributed by atoms with Crippen LogP contribution in [0, 0.1) is 0 Å². The minimum absolute atomic E-state index is 0.0285. The summed E-state index contributed by atoms with van der Waals surface area (Å²) in [5.74, 6) is -0.0285. The van der Waals surface area contributed by atoms with Crippen LogP contribution in [0.5, 0.6) is 5.88 Å². The predicted octanol–water partition coefficient (Wildman–Crippen LogP) is 3.96. The van der Waals surface area contributed by atoms with E-state index in [4.69, 9.17) is 22.1 Å². The number of hydrogen-bond donors (Lipinski definition) is 1. The van der Waals surface area contributed by atoms with Gasteiger partial charge in [0, 0.05) is 18.3 Å². The molecule has 112 valence electrons. The van der Waals surface area contributed by atoms with Crippen molar-refractivity contribution in [2.75, 3.05) is 12.3 Å². The number of nitrogens with zero attached hydrogens (tertiary/aromatic N) is 1. The van der Waals surface area contributed by atoms with Crippen molar-refractivity contribution in [3.63, 3.8) is 0 Å². The molecule has 0 saturated heterocycles. The molecule has 0 bridgehead atoms. The number of nitrogen functional groups attached to an aromatic ring is 1. The highest BCUT2D eigenvalue weighted by Gasteiger charge is 2.31. The Hall–Kier alpha value is -1.95. The Kier molecular flexibility index (Phi) is 4.57. The molecule has 0 amide bonds. The molecule has 0 saturated carbocycles. The molecule has 21 heavy (non-hydrogen) atoms.